The van der Waals surface area contributed by atoms with E-state index >= 15 is 0 Å². The fourth-order valence-electron chi connectivity index (χ4n) is 2.41. The van der Waals surface area contributed by atoms with Crippen molar-refractivity contribution in [3.05, 3.63) is 0 Å². The number of rotatable bonds is 4. The van der Waals surface area contributed by atoms with Crippen molar-refractivity contribution in [1.82, 2.24) is 10.2 Å². The highest BCUT2D eigenvalue weighted by atomic mass is 16.2. The monoisotopic (exact) mass is 212 g/mol. The molecule has 0 aromatic carbocycles. The number of piperidine rings is 1. The number of carbonyl (C=O) groups excluding carboxylic acids is 1. The molecule has 1 rings (SSSR count). The van der Waals surface area contributed by atoms with E-state index in [9.17, 15) is 4.79 Å². The minimum absolute atomic E-state index is 0.315. The summed E-state index contributed by atoms with van der Waals surface area (Å²) in [6.45, 7) is 8.15. The minimum atomic E-state index is 0.315. The van der Waals surface area contributed by atoms with E-state index in [-0.39, 0.29) is 0 Å². The first-order valence-corrected chi connectivity index (χ1v) is 6.18. The van der Waals surface area contributed by atoms with E-state index in [0.717, 1.165) is 25.9 Å². The highest BCUT2D eigenvalue weighted by Gasteiger charge is 2.27. The first-order valence-electron chi connectivity index (χ1n) is 6.18. The summed E-state index contributed by atoms with van der Waals surface area (Å²) in [6.07, 6.45) is 4.23. The Morgan fingerprint density at radius 3 is 2.47 bits per heavy atom. The Hall–Kier alpha value is -0.570. The lowest BCUT2D eigenvalue weighted by atomic mass is 9.97. The van der Waals surface area contributed by atoms with E-state index in [1.54, 1.807) is 0 Å². The van der Waals surface area contributed by atoms with Gasteiger partial charge in [-0.15, -0.1) is 0 Å². The van der Waals surface area contributed by atoms with Gasteiger partial charge in [-0.3, -0.25) is 4.79 Å². The van der Waals surface area contributed by atoms with Gasteiger partial charge in [0.2, 0.25) is 5.91 Å². The van der Waals surface area contributed by atoms with Gasteiger partial charge in [0.15, 0.2) is 0 Å². The Labute approximate surface area is 93.2 Å². The fraction of sp³-hybridized carbons (Fsp3) is 0.917. The quantitative estimate of drug-likeness (QED) is 0.720. The molecule has 1 heterocycles. The van der Waals surface area contributed by atoms with Crippen LogP contribution in [0.5, 0.6) is 0 Å². The van der Waals surface area contributed by atoms with Crippen molar-refractivity contribution in [1.29, 1.82) is 0 Å². The minimum Gasteiger partial charge on any atom is -0.337 e. The van der Waals surface area contributed by atoms with Gasteiger partial charge in [-0.1, -0.05) is 6.92 Å². The van der Waals surface area contributed by atoms with Crippen molar-refractivity contribution < 1.29 is 4.79 Å². The molecular weight excluding hydrogens is 188 g/mol. The summed E-state index contributed by atoms with van der Waals surface area (Å²) in [7, 11) is 0. The van der Waals surface area contributed by atoms with Gasteiger partial charge < -0.3 is 10.2 Å². The molecule has 1 saturated heterocycles. The van der Waals surface area contributed by atoms with E-state index in [2.05, 4.69) is 31.0 Å². The summed E-state index contributed by atoms with van der Waals surface area (Å²) < 4.78 is 0. The van der Waals surface area contributed by atoms with Crippen molar-refractivity contribution in [3.8, 4) is 0 Å². The van der Waals surface area contributed by atoms with Crippen LogP contribution in [0.1, 0.15) is 46.5 Å². The van der Waals surface area contributed by atoms with Crippen molar-refractivity contribution in [3.63, 3.8) is 0 Å². The number of hydrogen-bond donors (Lipinski definition) is 1. The van der Waals surface area contributed by atoms with Crippen LogP contribution in [-0.2, 0) is 4.79 Å². The number of hydrogen-bond acceptors (Lipinski definition) is 2. The van der Waals surface area contributed by atoms with Crippen LogP contribution < -0.4 is 5.32 Å². The number of nitrogens with one attached hydrogen (secondary N) is 1. The highest BCUT2D eigenvalue weighted by molar-refractivity contribution is 5.77. The molecule has 1 aliphatic rings. The zero-order chi connectivity index (χ0) is 11.3. The molecule has 1 fully saturated rings. The zero-order valence-electron chi connectivity index (χ0n) is 10.3. The third kappa shape index (κ3) is 3.49. The third-order valence-electron chi connectivity index (χ3n) is 3.25. The Balaban J connectivity index is 2.41. The molecule has 2 atom stereocenters. The maximum atomic E-state index is 12.0. The molecule has 1 amide bonds. The van der Waals surface area contributed by atoms with Crippen molar-refractivity contribution in [2.24, 2.45) is 0 Å². The normalized spacial score (nSPS) is 26.7. The second-order valence-corrected chi connectivity index (χ2v) is 4.53. The predicted molar refractivity (Wildman–Crippen MR) is 62.8 cm³/mol. The molecule has 0 radical (unpaired) electrons. The van der Waals surface area contributed by atoms with Crippen molar-refractivity contribution in [2.45, 2.75) is 58.5 Å². The molecule has 1 aliphatic heterocycles. The van der Waals surface area contributed by atoms with E-state index in [1.807, 2.05) is 0 Å². The molecule has 0 aromatic heterocycles. The van der Waals surface area contributed by atoms with Crippen LogP contribution in [0, 0.1) is 0 Å². The van der Waals surface area contributed by atoms with Gasteiger partial charge in [-0.05, 0) is 39.7 Å². The third-order valence-corrected chi connectivity index (χ3v) is 3.25. The summed E-state index contributed by atoms with van der Waals surface area (Å²) in [5, 5.41) is 3.20. The van der Waals surface area contributed by atoms with Crippen LogP contribution >= 0.6 is 0 Å². The molecule has 0 saturated carbocycles. The summed E-state index contributed by atoms with van der Waals surface area (Å²) in [5.74, 6) is 0.315. The number of likely N-dealkylation sites (tertiary alicyclic amines) is 1. The Kier molecular flexibility index (Phi) is 5.09. The fourth-order valence-corrected chi connectivity index (χ4v) is 2.41. The maximum absolute atomic E-state index is 12.0. The lowest BCUT2D eigenvalue weighted by Crippen LogP contribution is -2.48. The SMILES string of the molecule is CCNCCC(=O)N1[C@H](C)CCC[C@@H]1C. The Morgan fingerprint density at radius 2 is 1.93 bits per heavy atom. The second-order valence-electron chi connectivity index (χ2n) is 4.53. The molecular formula is C12H24N2O. The van der Waals surface area contributed by atoms with Gasteiger partial charge in [-0.2, -0.15) is 0 Å². The number of nitrogens with zero attached hydrogens (tertiary/aromatic N) is 1. The van der Waals surface area contributed by atoms with Crippen molar-refractivity contribution >= 4 is 5.91 Å². The Bertz CT molecular complexity index is 196. The van der Waals surface area contributed by atoms with Gasteiger partial charge in [0.1, 0.15) is 0 Å². The van der Waals surface area contributed by atoms with Crippen molar-refractivity contribution in [2.75, 3.05) is 13.1 Å². The van der Waals surface area contributed by atoms with Crippen LogP contribution in [0.15, 0.2) is 0 Å². The summed E-state index contributed by atoms with van der Waals surface area (Å²) >= 11 is 0. The smallest absolute Gasteiger partial charge is 0.224 e. The van der Waals surface area contributed by atoms with Gasteiger partial charge in [0.25, 0.3) is 0 Å². The van der Waals surface area contributed by atoms with E-state index in [0.29, 0.717) is 24.4 Å². The predicted octanol–water partition coefficient (Wildman–Crippen LogP) is 1.78. The molecule has 0 aromatic rings. The van der Waals surface area contributed by atoms with Crippen LogP contribution in [0.25, 0.3) is 0 Å². The summed E-state index contributed by atoms with van der Waals surface area (Å²) in [6, 6.07) is 0.866. The molecule has 0 spiro atoms. The summed E-state index contributed by atoms with van der Waals surface area (Å²) in [4.78, 5) is 14.1. The van der Waals surface area contributed by atoms with Gasteiger partial charge in [0, 0.05) is 25.0 Å². The molecule has 3 nitrogen and oxygen atoms in total. The molecule has 3 heteroatoms. The molecule has 88 valence electrons. The van der Waals surface area contributed by atoms with Gasteiger partial charge >= 0.3 is 0 Å². The lowest BCUT2D eigenvalue weighted by Gasteiger charge is -2.39. The van der Waals surface area contributed by atoms with Crippen LogP contribution in [0.3, 0.4) is 0 Å². The Morgan fingerprint density at radius 1 is 1.33 bits per heavy atom. The van der Waals surface area contributed by atoms with Crippen LogP contribution in [0.4, 0.5) is 0 Å². The van der Waals surface area contributed by atoms with Gasteiger partial charge in [-0.25, -0.2) is 0 Å². The van der Waals surface area contributed by atoms with Gasteiger partial charge in [0.05, 0.1) is 0 Å². The number of carbonyl (C=O) groups is 1. The van der Waals surface area contributed by atoms with E-state index in [4.69, 9.17) is 0 Å². The number of amides is 1. The molecule has 0 unspecified atom stereocenters. The molecule has 1 N–H and O–H groups in total. The zero-order valence-corrected chi connectivity index (χ0v) is 10.3. The largest absolute Gasteiger partial charge is 0.337 e. The molecule has 0 aliphatic carbocycles. The topological polar surface area (TPSA) is 32.3 Å². The van der Waals surface area contributed by atoms with E-state index < -0.39 is 0 Å². The van der Waals surface area contributed by atoms with Crippen LogP contribution in [-0.4, -0.2) is 36.0 Å². The highest BCUT2D eigenvalue weighted by Crippen LogP contribution is 2.22. The van der Waals surface area contributed by atoms with Crippen LogP contribution in [0.2, 0.25) is 0 Å². The average molecular weight is 212 g/mol. The molecule has 15 heavy (non-hydrogen) atoms. The first-order chi connectivity index (χ1) is 7.16. The maximum Gasteiger partial charge on any atom is 0.224 e. The molecule has 0 bridgehead atoms. The standard InChI is InChI=1S/C12H24N2O/c1-4-13-9-8-12(15)14-10(2)6-5-7-11(14)3/h10-11,13H,4-9H2,1-3H3/t10-,11+. The lowest BCUT2D eigenvalue weighted by molar-refractivity contribution is -0.137. The first kappa shape index (κ1) is 12.5. The average Bonchev–Trinajstić information content (AvgIpc) is 2.18. The summed E-state index contributed by atoms with van der Waals surface area (Å²) in [5.41, 5.74) is 0. The van der Waals surface area contributed by atoms with E-state index in [1.165, 1.54) is 6.42 Å². The second kappa shape index (κ2) is 6.11.